The summed E-state index contributed by atoms with van der Waals surface area (Å²) in [6.07, 6.45) is 2.23. The zero-order valence-electron chi connectivity index (χ0n) is 11.5. The van der Waals surface area contributed by atoms with Gasteiger partial charge in [0.25, 0.3) is 0 Å². The van der Waals surface area contributed by atoms with Gasteiger partial charge in [-0.15, -0.1) is 0 Å². The first-order chi connectivity index (χ1) is 8.50. The second-order valence-corrected chi connectivity index (χ2v) is 6.42. The van der Waals surface area contributed by atoms with Gasteiger partial charge in [-0.1, -0.05) is 39.0 Å². The first-order valence-corrected chi connectivity index (χ1v) is 7.09. The van der Waals surface area contributed by atoms with E-state index in [2.05, 4.69) is 50.4 Å². The average molecular weight is 267 g/mol. The molecule has 1 aromatic carbocycles. The van der Waals surface area contributed by atoms with Crippen molar-refractivity contribution in [2.45, 2.75) is 45.1 Å². The lowest BCUT2D eigenvalue weighted by atomic mass is 9.85. The highest BCUT2D eigenvalue weighted by Gasteiger charge is 2.25. The van der Waals surface area contributed by atoms with Crippen molar-refractivity contribution in [2.75, 3.05) is 17.5 Å². The van der Waals surface area contributed by atoms with Gasteiger partial charge in [-0.05, 0) is 43.0 Å². The molecular weight excluding hydrogens is 244 g/mol. The number of rotatable bonds is 2. The Morgan fingerprint density at radius 3 is 2.39 bits per heavy atom. The van der Waals surface area contributed by atoms with Gasteiger partial charge in [0, 0.05) is 17.8 Å². The molecule has 0 amide bonds. The Balaban J connectivity index is 2.26. The predicted molar refractivity (Wildman–Crippen MR) is 79.4 cm³/mol. The molecule has 18 heavy (non-hydrogen) atoms. The highest BCUT2D eigenvalue weighted by Crippen LogP contribution is 2.34. The van der Waals surface area contributed by atoms with Gasteiger partial charge in [0.05, 0.1) is 5.69 Å². The van der Waals surface area contributed by atoms with Gasteiger partial charge in [-0.3, -0.25) is 4.42 Å². The van der Waals surface area contributed by atoms with Gasteiger partial charge < -0.3 is 5.32 Å². The molecule has 0 aliphatic carbocycles. The van der Waals surface area contributed by atoms with E-state index in [4.69, 9.17) is 11.8 Å². The molecule has 0 saturated carbocycles. The van der Waals surface area contributed by atoms with E-state index in [9.17, 15) is 0 Å². The molecule has 2 nitrogen and oxygen atoms in total. The van der Waals surface area contributed by atoms with E-state index in [1.807, 2.05) is 4.42 Å². The van der Waals surface area contributed by atoms with E-state index >= 15 is 0 Å². The number of halogens is 1. The summed E-state index contributed by atoms with van der Waals surface area (Å²) in [5.74, 6) is 0. The van der Waals surface area contributed by atoms with Crippen LogP contribution in [0.4, 0.5) is 5.69 Å². The molecule has 1 aliphatic heterocycles. The van der Waals surface area contributed by atoms with Gasteiger partial charge in [-0.2, -0.15) is 0 Å². The molecule has 0 spiro atoms. The molecule has 1 saturated heterocycles. The molecule has 0 unspecified atom stereocenters. The number of para-hydroxylation sites is 1. The van der Waals surface area contributed by atoms with Gasteiger partial charge in [0.15, 0.2) is 0 Å². The van der Waals surface area contributed by atoms with E-state index < -0.39 is 0 Å². The minimum atomic E-state index is 0.122. The summed E-state index contributed by atoms with van der Waals surface area (Å²) in [5, 5.41) is 3.38. The zero-order chi connectivity index (χ0) is 13.2. The molecule has 1 aliphatic rings. The van der Waals surface area contributed by atoms with Crippen LogP contribution < -0.4 is 9.74 Å². The zero-order valence-corrected chi connectivity index (χ0v) is 12.3. The van der Waals surface area contributed by atoms with Crippen molar-refractivity contribution in [3.63, 3.8) is 0 Å². The quantitative estimate of drug-likeness (QED) is 0.822. The largest absolute Gasteiger partial charge is 0.317 e. The van der Waals surface area contributed by atoms with Gasteiger partial charge >= 0.3 is 0 Å². The number of hydrogen-bond donors (Lipinski definition) is 1. The number of benzene rings is 1. The summed E-state index contributed by atoms with van der Waals surface area (Å²) in [6, 6.07) is 8.93. The summed E-state index contributed by atoms with van der Waals surface area (Å²) >= 11 is 6.60. The summed E-state index contributed by atoms with van der Waals surface area (Å²) < 4.78 is 1.96. The third-order valence-corrected chi connectivity index (χ3v) is 4.03. The molecule has 0 aromatic heterocycles. The van der Waals surface area contributed by atoms with Crippen LogP contribution in [0.15, 0.2) is 24.3 Å². The van der Waals surface area contributed by atoms with E-state index in [1.54, 1.807) is 0 Å². The normalized spacial score (nSPS) is 17.8. The number of piperidine rings is 1. The maximum atomic E-state index is 6.60. The standard InChI is InChI=1S/C15H23ClN2/c1-15(2,3)13-6-4-5-7-14(13)18(16)12-8-10-17-11-9-12/h4-7,12,17H,8-11H2,1-3H3. The van der Waals surface area contributed by atoms with Crippen LogP contribution >= 0.6 is 11.8 Å². The van der Waals surface area contributed by atoms with E-state index in [0.29, 0.717) is 6.04 Å². The molecule has 1 N–H and O–H groups in total. The van der Waals surface area contributed by atoms with Crippen molar-refractivity contribution in [2.24, 2.45) is 0 Å². The SMILES string of the molecule is CC(C)(C)c1ccccc1N(Cl)C1CCNCC1. The molecule has 1 heterocycles. The van der Waals surface area contributed by atoms with Crippen LogP contribution in [0.2, 0.25) is 0 Å². The molecule has 0 bridgehead atoms. The van der Waals surface area contributed by atoms with Gasteiger partial charge in [0.2, 0.25) is 0 Å². The van der Waals surface area contributed by atoms with E-state index in [0.717, 1.165) is 25.9 Å². The minimum absolute atomic E-state index is 0.122. The van der Waals surface area contributed by atoms with E-state index in [-0.39, 0.29) is 5.41 Å². The van der Waals surface area contributed by atoms with Crippen molar-refractivity contribution in [1.82, 2.24) is 5.32 Å². The molecule has 2 rings (SSSR count). The van der Waals surface area contributed by atoms with Crippen molar-refractivity contribution in [3.8, 4) is 0 Å². The summed E-state index contributed by atoms with van der Waals surface area (Å²) in [6.45, 7) is 8.83. The molecule has 0 atom stereocenters. The molecular formula is C15H23ClN2. The molecule has 0 radical (unpaired) electrons. The Morgan fingerprint density at radius 2 is 1.78 bits per heavy atom. The molecule has 1 fully saturated rings. The smallest absolute Gasteiger partial charge is 0.0563 e. The highest BCUT2D eigenvalue weighted by molar-refractivity contribution is 6.26. The number of nitrogens with zero attached hydrogens (tertiary/aromatic N) is 1. The highest BCUT2D eigenvalue weighted by atomic mass is 35.5. The molecule has 1 aromatic rings. The summed E-state index contributed by atoms with van der Waals surface area (Å²) in [5.41, 5.74) is 2.61. The van der Waals surface area contributed by atoms with Crippen molar-refractivity contribution < 1.29 is 0 Å². The average Bonchev–Trinajstić information content (AvgIpc) is 2.38. The molecule has 3 heteroatoms. The van der Waals surface area contributed by atoms with Crippen molar-refractivity contribution in [1.29, 1.82) is 0 Å². The Labute approximate surface area is 115 Å². The van der Waals surface area contributed by atoms with Gasteiger partial charge in [-0.25, -0.2) is 0 Å². The number of nitrogens with one attached hydrogen (secondary N) is 1. The lowest BCUT2D eigenvalue weighted by Crippen LogP contribution is -2.39. The molecule has 100 valence electrons. The number of anilines is 1. The summed E-state index contributed by atoms with van der Waals surface area (Å²) in [7, 11) is 0. The lowest BCUT2D eigenvalue weighted by molar-refractivity contribution is 0.459. The Kier molecular flexibility index (Phi) is 4.18. The van der Waals surface area contributed by atoms with Crippen LogP contribution in [-0.4, -0.2) is 19.1 Å². The fourth-order valence-electron chi connectivity index (χ4n) is 2.52. The third-order valence-electron chi connectivity index (χ3n) is 3.57. The van der Waals surface area contributed by atoms with Crippen molar-refractivity contribution in [3.05, 3.63) is 29.8 Å². The fourth-order valence-corrected chi connectivity index (χ4v) is 2.87. The predicted octanol–water partition coefficient (Wildman–Crippen LogP) is 3.70. The first-order valence-electron chi connectivity index (χ1n) is 6.75. The van der Waals surface area contributed by atoms with Crippen molar-refractivity contribution >= 4 is 17.5 Å². The maximum Gasteiger partial charge on any atom is 0.0563 e. The van der Waals surface area contributed by atoms with Crippen LogP contribution in [0.1, 0.15) is 39.2 Å². The summed E-state index contributed by atoms with van der Waals surface area (Å²) in [4.78, 5) is 0. The fraction of sp³-hybridized carbons (Fsp3) is 0.600. The van der Waals surface area contributed by atoms with Crippen LogP contribution in [-0.2, 0) is 5.41 Å². The topological polar surface area (TPSA) is 15.3 Å². The van der Waals surface area contributed by atoms with Crippen LogP contribution in [0, 0.1) is 0 Å². The van der Waals surface area contributed by atoms with E-state index in [1.165, 1.54) is 11.3 Å². The Morgan fingerprint density at radius 1 is 1.17 bits per heavy atom. The second kappa shape index (κ2) is 5.50. The lowest BCUT2D eigenvalue weighted by Gasteiger charge is -2.34. The second-order valence-electron chi connectivity index (χ2n) is 6.06. The monoisotopic (exact) mass is 266 g/mol. The van der Waals surface area contributed by atoms with Crippen LogP contribution in [0.5, 0.6) is 0 Å². The Hall–Kier alpha value is -0.730. The van der Waals surface area contributed by atoms with Crippen LogP contribution in [0.3, 0.4) is 0 Å². The van der Waals surface area contributed by atoms with Crippen LogP contribution in [0.25, 0.3) is 0 Å². The Bertz CT molecular complexity index is 392. The maximum absolute atomic E-state index is 6.60. The van der Waals surface area contributed by atoms with Gasteiger partial charge in [0.1, 0.15) is 0 Å². The first kappa shape index (κ1) is 13.7. The third kappa shape index (κ3) is 2.99. The number of hydrogen-bond acceptors (Lipinski definition) is 2. The minimum Gasteiger partial charge on any atom is -0.317 e.